The molecule has 1 unspecified atom stereocenters. The van der Waals surface area contributed by atoms with Gasteiger partial charge in [0.05, 0.1) is 17.0 Å². The number of carbonyl (C=O) groups is 1. The third-order valence-electron chi connectivity index (χ3n) is 4.62. The van der Waals surface area contributed by atoms with Crippen LogP contribution in [0.1, 0.15) is 23.5 Å². The summed E-state index contributed by atoms with van der Waals surface area (Å²) in [6.07, 6.45) is 0.995. The van der Waals surface area contributed by atoms with E-state index >= 15 is 0 Å². The second-order valence-corrected chi connectivity index (χ2v) is 9.56. The van der Waals surface area contributed by atoms with Gasteiger partial charge in [-0.1, -0.05) is 41.4 Å². The first kappa shape index (κ1) is 24.5. The summed E-state index contributed by atoms with van der Waals surface area (Å²) in [6, 6.07) is 17.3. The lowest BCUT2D eigenvalue weighted by Crippen LogP contribution is -2.18. The molecule has 11 heteroatoms. The first-order chi connectivity index (χ1) is 15.7. The van der Waals surface area contributed by atoms with E-state index in [9.17, 15) is 18.3 Å². The fourth-order valence-electron chi connectivity index (χ4n) is 3.25. The van der Waals surface area contributed by atoms with Gasteiger partial charge in [0.25, 0.3) is 10.0 Å². The number of aliphatic imine (C=N–C) groups is 1. The molecule has 0 amide bonds. The molecule has 0 heterocycles. The third kappa shape index (κ3) is 6.69. The van der Waals surface area contributed by atoms with Crippen molar-refractivity contribution in [3.63, 3.8) is 0 Å². The highest BCUT2D eigenvalue weighted by atomic mass is 35.5. The number of nitrogens with zero attached hydrogens (tertiary/aromatic N) is 1. The highest BCUT2D eigenvalue weighted by molar-refractivity contribution is 7.92. The van der Waals surface area contributed by atoms with Gasteiger partial charge < -0.3 is 10.5 Å². The predicted octanol–water partition coefficient (Wildman–Crippen LogP) is 4.52. The van der Waals surface area contributed by atoms with Gasteiger partial charge in [-0.05, 0) is 59.7 Å². The maximum atomic E-state index is 12.9. The first-order valence-electron chi connectivity index (χ1n) is 9.57. The molecule has 0 aliphatic carbocycles. The number of nitrogens with one attached hydrogen (secondary N) is 2. The van der Waals surface area contributed by atoms with E-state index in [1.54, 1.807) is 54.6 Å². The summed E-state index contributed by atoms with van der Waals surface area (Å²) in [5.74, 6) is 3.53. The maximum Gasteiger partial charge on any atom is 0.304 e. The van der Waals surface area contributed by atoms with E-state index in [2.05, 4.69) is 15.1 Å². The van der Waals surface area contributed by atoms with Crippen LogP contribution in [-0.2, 0) is 14.8 Å². The average molecular weight is 507 g/mol. The van der Waals surface area contributed by atoms with Crippen LogP contribution in [0.3, 0.4) is 0 Å². The molecule has 172 valence electrons. The fraction of sp³-hybridized carbons (Fsp3) is 0.0909. The number of carboxylic acid groups (broad SMARTS) is 1. The van der Waals surface area contributed by atoms with Gasteiger partial charge >= 0.3 is 5.97 Å². The summed E-state index contributed by atoms with van der Waals surface area (Å²) >= 11 is 12.2. The molecule has 3 aromatic carbocycles. The Kier molecular flexibility index (Phi) is 7.93. The standard InChI is InChI=1S/C22H20Cl2N4O4S/c23-16-7-15(8-17(24)10-16)21(12-22(29)30)14-3-1-5-19(9-14)28-33(31,32)20-6-2-4-18(11-20)26-13-27-25/h1-11,13,21,28H,12,25H2,(H,26,27)(H,29,30). The number of hydrogen-bond donors (Lipinski definition) is 4. The Morgan fingerprint density at radius 1 is 1.03 bits per heavy atom. The number of carboxylic acids is 1. The van der Waals surface area contributed by atoms with Gasteiger partial charge in [0.2, 0.25) is 0 Å². The second-order valence-electron chi connectivity index (χ2n) is 7.01. The highest BCUT2D eigenvalue weighted by Crippen LogP contribution is 2.33. The zero-order valence-electron chi connectivity index (χ0n) is 17.1. The van der Waals surface area contributed by atoms with Crippen molar-refractivity contribution < 1.29 is 18.3 Å². The van der Waals surface area contributed by atoms with Crippen molar-refractivity contribution in [1.29, 1.82) is 0 Å². The lowest BCUT2D eigenvalue weighted by atomic mass is 9.88. The highest BCUT2D eigenvalue weighted by Gasteiger charge is 2.21. The van der Waals surface area contributed by atoms with E-state index in [0.29, 0.717) is 26.9 Å². The monoisotopic (exact) mass is 506 g/mol. The Labute approximate surface area is 201 Å². The number of halogens is 2. The number of hydrazine groups is 1. The topological polar surface area (TPSA) is 134 Å². The fourth-order valence-corrected chi connectivity index (χ4v) is 4.89. The first-order valence-corrected chi connectivity index (χ1v) is 11.8. The molecule has 5 N–H and O–H groups in total. The van der Waals surface area contributed by atoms with E-state index in [1.807, 2.05) is 0 Å². The smallest absolute Gasteiger partial charge is 0.304 e. The summed E-state index contributed by atoms with van der Waals surface area (Å²) in [5.41, 5.74) is 4.11. The van der Waals surface area contributed by atoms with Crippen LogP contribution in [0.4, 0.5) is 11.4 Å². The van der Waals surface area contributed by atoms with Gasteiger partial charge in [-0.25, -0.2) is 19.3 Å². The van der Waals surface area contributed by atoms with Crippen molar-refractivity contribution in [2.75, 3.05) is 4.72 Å². The molecule has 33 heavy (non-hydrogen) atoms. The molecular formula is C22H20Cl2N4O4S. The van der Waals surface area contributed by atoms with E-state index in [-0.39, 0.29) is 17.0 Å². The predicted molar refractivity (Wildman–Crippen MR) is 130 cm³/mol. The van der Waals surface area contributed by atoms with Gasteiger partial charge in [-0.3, -0.25) is 9.52 Å². The Hall–Kier alpha value is -3.11. The minimum Gasteiger partial charge on any atom is -0.481 e. The molecule has 1 atom stereocenters. The van der Waals surface area contributed by atoms with Crippen LogP contribution in [0, 0.1) is 0 Å². The molecule has 3 rings (SSSR count). The summed E-state index contributed by atoms with van der Waals surface area (Å²) in [4.78, 5) is 15.5. The molecule has 0 aliphatic heterocycles. The molecule has 0 radical (unpaired) electrons. The van der Waals surface area contributed by atoms with Crippen LogP contribution in [-0.4, -0.2) is 25.8 Å². The van der Waals surface area contributed by atoms with Gasteiger partial charge in [-0.2, -0.15) is 0 Å². The molecule has 3 aromatic rings. The van der Waals surface area contributed by atoms with Crippen LogP contribution in [0.5, 0.6) is 0 Å². The minimum absolute atomic E-state index is 0.00304. The van der Waals surface area contributed by atoms with E-state index < -0.39 is 21.9 Å². The van der Waals surface area contributed by atoms with E-state index in [1.165, 1.54) is 18.5 Å². The summed E-state index contributed by atoms with van der Waals surface area (Å²) in [6.45, 7) is 0. The van der Waals surface area contributed by atoms with Crippen LogP contribution >= 0.6 is 23.2 Å². The van der Waals surface area contributed by atoms with Crippen LogP contribution in [0.15, 0.2) is 76.6 Å². The van der Waals surface area contributed by atoms with Crippen LogP contribution in [0.2, 0.25) is 10.0 Å². The number of rotatable bonds is 9. The number of anilines is 1. The Balaban J connectivity index is 1.94. The van der Waals surface area contributed by atoms with Crippen molar-refractivity contribution in [2.45, 2.75) is 17.2 Å². The Morgan fingerprint density at radius 2 is 1.73 bits per heavy atom. The molecule has 0 aromatic heterocycles. The van der Waals surface area contributed by atoms with Gasteiger partial charge in [0, 0.05) is 21.7 Å². The van der Waals surface area contributed by atoms with Crippen molar-refractivity contribution in [1.82, 2.24) is 5.43 Å². The average Bonchev–Trinajstić information content (AvgIpc) is 2.75. The Bertz CT molecular complexity index is 1280. The maximum absolute atomic E-state index is 12.9. The number of aliphatic carboxylic acids is 1. The third-order valence-corrected chi connectivity index (χ3v) is 6.44. The molecule has 0 spiro atoms. The van der Waals surface area contributed by atoms with Crippen molar-refractivity contribution in [2.24, 2.45) is 10.8 Å². The molecule has 0 bridgehead atoms. The quantitative estimate of drug-likeness (QED) is 0.146. The van der Waals surface area contributed by atoms with Gasteiger partial charge in [0.15, 0.2) is 0 Å². The summed E-state index contributed by atoms with van der Waals surface area (Å²) in [5, 5.41) is 10.2. The lowest BCUT2D eigenvalue weighted by Gasteiger charge is -2.18. The second kappa shape index (κ2) is 10.7. The van der Waals surface area contributed by atoms with Crippen molar-refractivity contribution >= 4 is 56.9 Å². The molecule has 0 saturated heterocycles. The molecular weight excluding hydrogens is 487 g/mol. The SMILES string of the molecule is NNC=Nc1cccc(S(=O)(=O)Nc2cccc(C(CC(=O)O)c3cc(Cl)cc(Cl)c3)c2)c1. The van der Waals surface area contributed by atoms with E-state index in [4.69, 9.17) is 29.0 Å². The van der Waals surface area contributed by atoms with Crippen molar-refractivity contribution in [3.05, 3.63) is 87.9 Å². The minimum atomic E-state index is -3.94. The number of hydrogen-bond acceptors (Lipinski definition) is 5. The van der Waals surface area contributed by atoms with Crippen molar-refractivity contribution in [3.8, 4) is 0 Å². The zero-order valence-corrected chi connectivity index (χ0v) is 19.4. The van der Waals surface area contributed by atoms with Crippen LogP contribution < -0.4 is 16.0 Å². The van der Waals surface area contributed by atoms with E-state index in [0.717, 1.165) is 0 Å². The Morgan fingerprint density at radius 3 is 2.39 bits per heavy atom. The summed E-state index contributed by atoms with van der Waals surface area (Å²) in [7, 11) is -3.94. The van der Waals surface area contributed by atoms with Gasteiger partial charge in [0.1, 0.15) is 6.34 Å². The summed E-state index contributed by atoms with van der Waals surface area (Å²) < 4.78 is 28.3. The normalized spacial score (nSPS) is 12.5. The molecule has 0 saturated carbocycles. The number of benzene rings is 3. The number of sulfonamides is 1. The number of nitrogens with two attached hydrogens (primary N) is 1. The largest absolute Gasteiger partial charge is 0.481 e. The molecule has 0 aliphatic rings. The lowest BCUT2D eigenvalue weighted by molar-refractivity contribution is -0.137. The van der Waals surface area contributed by atoms with Gasteiger partial charge in [-0.15, -0.1) is 0 Å². The zero-order chi connectivity index (χ0) is 24.0. The molecule has 0 fully saturated rings. The van der Waals surface area contributed by atoms with Crippen LogP contribution in [0.25, 0.3) is 0 Å². The molecule has 8 nitrogen and oxygen atoms in total.